The molecule has 0 radical (unpaired) electrons. The van der Waals surface area contributed by atoms with Crippen LogP contribution in [0.3, 0.4) is 0 Å². The number of halogens is 1. The van der Waals surface area contributed by atoms with E-state index in [1.807, 2.05) is 41.9 Å². The van der Waals surface area contributed by atoms with E-state index in [0.29, 0.717) is 10.8 Å². The van der Waals surface area contributed by atoms with E-state index in [9.17, 15) is 5.11 Å². The van der Waals surface area contributed by atoms with Crippen LogP contribution in [0.1, 0.15) is 11.7 Å². The van der Waals surface area contributed by atoms with Crippen molar-refractivity contribution in [2.75, 3.05) is 5.75 Å². The van der Waals surface area contributed by atoms with Gasteiger partial charge < -0.3 is 9.67 Å². The lowest BCUT2D eigenvalue weighted by molar-refractivity contribution is 0.204. The molecule has 3 rings (SSSR count). The molecular formula is C16H15ClN4OS. The molecule has 3 aromatic rings. The number of aromatic nitrogens is 4. The molecule has 0 aliphatic carbocycles. The minimum Gasteiger partial charge on any atom is -0.387 e. The van der Waals surface area contributed by atoms with Crippen LogP contribution in [-0.2, 0) is 7.05 Å². The summed E-state index contributed by atoms with van der Waals surface area (Å²) in [5, 5.41) is 20.0. The Hall–Kier alpha value is -1.89. The van der Waals surface area contributed by atoms with Crippen LogP contribution < -0.4 is 0 Å². The van der Waals surface area contributed by atoms with Crippen molar-refractivity contribution in [3.05, 3.63) is 59.4 Å². The molecule has 0 saturated heterocycles. The molecular weight excluding hydrogens is 332 g/mol. The smallest absolute Gasteiger partial charge is 0.191 e. The molecule has 0 aliphatic heterocycles. The first-order valence-electron chi connectivity index (χ1n) is 7.02. The monoisotopic (exact) mass is 346 g/mol. The zero-order valence-electron chi connectivity index (χ0n) is 12.4. The van der Waals surface area contributed by atoms with Crippen molar-refractivity contribution in [3.63, 3.8) is 0 Å². The van der Waals surface area contributed by atoms with E-state index in [0.717, 1.165) is 22.1 Å². The molecule has 23 heavy (non-hydrogen) atoms. The van der Waals surface area contributed by atoms with Crippen molar-refractivity contribution in [3.8, 4) is 11.4 Å². The highest BCUT2D eigenvalue weighted by Gasteiger charge is 2.15. The number of thioether (sulfide) groups is 1. The molecule has 7 heteroatoms. The Morgan fingerprint density at radius 2 is 1.91 bits per heavy atom. The quantitative estimate of drug-likeness (QED) is 0.718. The molecule has 1 unspecified atom stereocenters. The molecule has 0 aliphatic rings. The molecule has 2 aromatic heterocycles. The summed E-state index contributed by atoms with van der Waals surface area (Å²) in [7, 11) is 1.90. The van der Waals surface area contributed by atoms with Crippen LogP contribution in [-0.4, -0.2) is 30.6 Å². The van der Waals surface area contributed by atoms with Gasteiger partial charge in [0, 0.05) is 35.8 Å². The standard InChI is InChI=1S/C16H15ClN4OS/c1-21-15(11-6-8-18-9-7-11)19-20-16(21)23-10-14(22)12-4-2-3-5-13(12)17/h2-9,14,22H,10H2,1H3. The first kappa shape index (κ1) is 16.0. The lowest BCUT2D eigenvalue weighted by Crippen LogP contribution is -2.03. The molecule has 1 atom stereocenters. The van der Waals surface area contributed by atoms with E-state index in [1.54, 1.807) is 18.5 Å². The fraction of sp³-hybridized carbons (Fsp3) is 0.188. The molecule has 0 fully saturated rings. The predicted molar refractivity (Wildman–Crippen MR) is 91.4 cm³/mol. The highest BCUT2D eigenvalue weighted by atomic mass is 35.5. The van der Waals surface area contributed by atoms with Crippen molar-refractivity contribution < 1.29 is 5.11 Å². The highest BCUT2D eigenvalue weighted by molar-refractivity contribution is 7.99. The van der Waals surface area contributed by atoms with Crippen molar-refractivity contribution in [1.29, 1.82) is 0 Å². The van der Waals surface area contributed by atoms with Gasteiger partial charge in [-0.25, -0.2) is 0 Å². The maximum absolute atomic E-state index is 10.3. The molecule has 118 valence electrons. The van der Waals surface area contributed by atoms with Crippen molar-refractivity contribution >= 4 is 23.4 Å². The molecule has 2 heterocycles. The Labute approximate surface area is 143 Å². The van der Waals surface area contributed by atoms with Crippen LogP contribution >= 0.6 is 23.4 Å². The topological polar surface area (TPSA) is 63.8 Å². The largest absolute Gasteiger partial charge is 0.387 e. The SMILES string of the molecule is Cn1c(SCC(O)c2ccccc2Cl)nnc1-c1ccncc1. The zero-order chi connectivity index (χ0) is 16.2. The summed E-state index contributed by atoms with van der Waals surface area (Å²) >= 11 is 7.55. The summed E-state index contributed by atoms with van der Waals surface area (Å²) in [6, 6.07) is 11.1. The molecule has 1 aromatic carbocycles. The zero-order valence-corrected chi connectivity index (χ0v) is 14.0. The van der Waals surface area contributed by atoms with Crippen LogP contribution in [0.4, 0.5) is 0 Å². The number of aliphatic hydroxyl groups is 1. The van der Waals surface area contributed by atoms with Crippen molar-refractivity contribution in [2.24, 2.45) is 7.05 Å². The van der Waals surface area contributed by atoms with Crippen molar-refractivity contribution in [2.45, 2.75) is 11.3 Å². The second-order valence-electron chi connectivity index (χ2n) is 4.95. The second kappa shape index (κ2) is 7.12. The van der Waals surface area contributed by atoms with Gasteiger partial charge in [-0.2, -0.15) is 0 Å². The van der Waals surface area contributed by atoms with Gasteiger partial charge in [0.25, 0.3) is 0 Å². The van der Waals surface area contributed by atoms with Gasteiger partial charge in [0.1, 0.15) is 0 Å². The maximum atomic E-state index is 10.3. The van der Waals surface area contributed by atoms with E-state index in [4.69, 9.17) is 11.6 Å². The van der Waals surface area contributed by atoms with Crippen molar-refractivity contribution in [1.82, 2.24) is 19.7 Å². The third kappa shape index (κ3) is 3.55. The third-order valence-corrected chi connectivity index (χ3v) is 4.85. The van der Waals surface area contributed by atoms with Crippen LogP contribution in [0.2, 0.25) is 5.02 Å². The summed E-state index contributed by atoms with van der Waals surface area (Å²) in [5.41, 5.74) is 1.67. The Bertz CT molecular complexity index is 794. The van der Waals surface area contributed by atoms with Gasteiger partial charge in [0.2, 0.25) is 0 Å². The minimum absolute atomic E-state index is 0.450. The summed E-state index contributed by atoms with van der Waals surface area (Å²) in [6.07, 6.45) is 2.78. The lowest BCUT2D eigenvalue weighted by Gasteiger charge is -2.11. The Morgan fingerprint density at radius 1 is 1.17 bits per heavy atom. The average molecular weight is 347 g/mol. The lowest BCUT2D eigenvalue weighted by atomic mass is 10.1. The second-order valence-corrected chi connectivity index (χ2v) is 6.34. The minimum atomic E-state index is -0.658. The summed E-state index contributed by atoms with van der Waals surface area (Å²) < 4.78 is 1.90. The predicted octanol–water partition coefficient (Wildman–Crippen LogP) is 3.36. The molecule has 0 spiro atoms. The number of nitrogens with zero attached hydrogens (tertiary/aromatic N) is 4. The fourth-order valence-electron chi connectivity index (χ4n) is 2.18. The average Bonchev–Trinajstić information content (AvgIpc) is 2.94. The fourth-order valence-corrected chi connectivity index (χ4v) is 3.31. The van der Waals surface area contributed by atoms with E-state index >= 15 is 0 Å². The van der Waals surface area contributed by atoms with Gasteiger partial charge in [0.05, 0.1) is 6.10 Å². The number of hydrogen-bond acceptors (Lipinski definition) is 5. The maximum Gasteiger partial charge on any atom is 0.191 e. The Morgan fingerprint density at radius 3 is 2.65 bits per heavy atom. The van der Waals surface area contributed by atoms with Gasteiger partial charge in [-0.05, 0) is 23.8 Å². The number of aliphatic hydroxyl groups excluding tert-OH is 1. The third-order valence-electron chi connectivity index (χ3n) is 3.41. The van der Waals surface area contributed by atoms with Crippen LogP contribution in [0.5, 0.6) is 0 Å². The molecule has 5 nitrogen and oxygen atoms in total. The first-order chi connectivity index (χ1) is 11.2. The molecule has 0 amide bonds. The van der Waals surface area contributed by atoms with Crippen LogP contribution in [0.15, 0.2) is 53.9 Å². The van der Waals surface area contributed by atoms with Gasteiger partial charge >= 0.3 is 0 Å². The van der Waals surface area contributed by atoms with E-state index in [2.05, 4.69) is 15.2 Å². The van der Waals surface area contributed by atoms with Gasteiger partial charge in [-0.1, -0.05) is 41.6 Å². The molecule has 0 bridgehead atoms. The normalized spacial score (nSPS) is 12.3. The Balaban J connectivity index is 1.72. The number of benzene rings is 1. The Kier molecular flexibility index (Phi) is 4.95. The van der Waals surface area contributed by atoms with Gasteiger partial charge in [-0.15, -0.1) is 10.2 Å². The highest BCUT2D eigenvalue weighted by Crippen LogP contribution is 2.29. The summed E-state index contributed by atoms with van der Waals surface area (Å²) in [6.45, 7) is 0. The van der Waals surface area contributed by atoms with E-state index < -0.39 is 6.10 Å². The summed E-state index contributed by atoms with van der Waals surface area (Å²) in [5.74, 6) is 1.22. The molecule has 1 N–H and O–H groups in total. The van der Waals surface area contributed by atoms with Gasteiger partial charge in [0.15, 0.2) is 11.0 Å². The van der Waals surface area contributed by atoms with Crippen LogP contribution in [0, 0.1) is 0 Å². The first-order valence-corrected chi connectivity index (χ1v) is 8.38. The van der Waals surface area contributed by atoms with E-state index in [-0.39, 0.29) is 0 Å². The van der Waals surface area contributed by atoms with Crippen LogP contribution in [0.25, 0.3) is 11.4 Å². The number of hydrogen-bond donors (Lipinski definition) is 1. The number of pyridine rings is 1. The summed E-state index contributed by atoms with van der Waals surface area (Å²) in [4.78, 5) is 4.00. The van der Waals surface area contributed by atoms with Gasteiger partial charge in [-0.3, -0.25) is 4.98 Å². The number of rotatable bonds is 5. The molecule has 0 saturated carbocycles. The van der Waals surface area contributed by atoms with E-state index in [1.165, 1.54) is 11.8 Å².